The summed E-state index contributed by atoms with van der Waals surface area (Å²) < 4.78 is 16.7. The number of methoxy groups -OCH3 is 1. The molecule has 0 saturated carbocycles. The minimum Gasteiger partial charge on any atom is -0.497 e. The van der Waals surface area contributed by atoms with Gasteiger partial charge in [0, 0.05) is 23.5 Å². The van der Waals surface area contributed by atoms with Gasteiger partial charge in [-0.2, -0.15) is 0 Å². The number of thiophene rings is 1. The van der Waals surface area contributed by atoms with Gasteiger partial charge in [0.15, 0.2) is 5.76 Å². The average molecular weight is 483 g/mol. The summed E-state index contributed by atoms with van der Waals surface area (Å²) in [4.78, 5) is 31.4. The summed E-state index contributed by atoms with van der Waals surface area (Å²) in [7, 11) is 1.62. The van der Waals surface area contributed by atoms with E-state index in [4.69, 9.17) is 13.9 Å². The lowest BCUT2D eigenvalue weighted by Crippen LogP contribution is -2.49. The number of furan rings is 1. The lowest BCUT2D eigenvalue weighted by molar-refractivity contribution is -0.136. The van der Waals surface area contributed by atoms with E-state index in [1.165, 1.54) is 11.1 Å². The molecule has 0 unspecified atom stereocenters. The smallest absolute Gasteiger partial charge is 0.290 e. The van der Waals surface area contributed by atoms with Crippen LogP contribution in [0.1, 0.15) is 47.3 Å². The molecule has 7 nitrogen and oxygen atoms in total. The van der Waals surface area contributed by atoms with Gasteiger partial charge in [-0.1, -0.05) is 13.0 Å². The molecule has 3 heterocycles. The summed E-state index contributed by atoms with van der Waals surface area (Å²) in [5.41, 5.74) is 1.11. The number of benzene rings is 1. The second-order valence-electron chi connectivity index (χ2n) is 8.31. The Balaban J connectivity index is 1.53. The van der Waals surface area contributed by atoms with Crippen molar-refractivity contribution in [2.75, 3.05) is 26.8 Å². The molecule has 180 valence electrons. The van der Waals surface area contributed by atoms with E-state index in [0.29, 0.717) is 24.7 Å². The van der Waals surface area contributed by atoms with Crippen LogP contribution in [0.25, 0.3) is 0 Å². The van der Waals surface area contributed by atoms with Crippen molar-refractivity contribution in [1.82, 2.24) is 9.80 Å². The minimum atomic E-state index is -0.273. The molecule has 0 fully saturated rings. The van der Waals surface area contributed by atoms with Gasteiger partial charge in [-0.05, 0) is 61.0 Å². The van der Waals surface area contributed by atoms with Crippen molar-refractivity contribution in [2.45, 2.75) is 38.8 Å². The number of amides is 2. The van der Waals surface area contributed by atoms with E-state index < -0.39 is 0 Å². The second kappa shape index (κ2) is 10.8. The molecule has 1 aliphatic heterocycles. The predicted octanol–water partition coefficient (Wildman–Crippen LogP) is 4.80. The number of fused-ring (bicyclic) bond motifs is 1. The number of hydrogen-bond acceptors (Lipinski definition) is 6. The first-order valence-corrected chi connectivity index (χ1v) is 12.4. The molecule has 2 aromatic heterocycles. The highest BCUT2D eigenvalue weighted by Gasteiger charge is 2.34. The third-order valence-corrected chi connectivity index (χ3v) is 7.28. The molecule has 4 rings (SSSR count). The molecular formula is C26H30N2O5S. The quantitative estimate of drug-likeness (QED) is 0.438. The Kier molecular flexibility index (Phi) is 7.57. The molecule has 2 amide bonds. The Hall–Kier alpha value is -3.26. The van der Waals surface area contributed by atoms with Crippen molar-refractivity contribution in [3.8, 4) is 11.5 Å². The summed E-state index contributed by atoms with van der Waals surface area (Å²) in [6, 6.07) is 12.5. The first kappa shape index (κ1) is 23.9. The van der Waals surface area contributed by atoms with E-state index in [1.54, 1.807) is 35.5 Å². The van der Waals surface area contributed by atoms with Gasteiger partial charge in [0.1, 0.15) is 24.7 Å². The lowest BCUT2D eigenvalue weighted by Gasteiger charge is -2.38. The van der Waals surface area contributed by atoms with Crippen LogP contribution in [0.15, 0.2) is 58.5 Å². The SMILES string of the molecule is CC[C@@H](C)N(CC(=O)N1CCc2sccc2[C@@H]1COc1cccc(OC)c1)C(=O)c1ccco1. The average Bonchev–Trinajstić information content (AvgIpc) is 3.57. The summed E-state index contributed by atoms with van der Waals surface area (Å²) in [6.07, 6.45) is 3.00. The molecule has 1 aliphatic rings. The van der Waals surface area contributed by atoms with E-state index >= 15 is 0 Å². The van der Waals surface area contributed by atoms with Gasteiger partial charge in [0.05, 0.1) is 19.4 Å². The molecule has 0 N–H and O–H groups in total. The van der Waals surface area contributed by atoms with Crippen LogP contribution in [0.3, 0.4) is 0 Å². The summed E-state index contributed by atoms with van der Waals surface area (Å²) >= 11 is 1.71. The largest absolute Gasteiger partial charge is 0.497 e. The predicted molar refractivity (Wildman–Crippen MR) is 130 cm³/mol. The van der Waals surface area contributed by atoms with Crippen LogP contribution < -0.4 is 9.47 Å². The van der Waals surface area contributed by atoms with Crippen LogP contribution in [0.4, 0.5) is 0 Å². The third-order valence-electron chi connectivity index (χ3n) is 6.29. The van der Waals surface area contributed by atoms with E-state index in [-0.39, 0.29) is 36.2 Å². The maximum absolute atomic E-state index is 13.6. The van der Waals surface area contributed by atoms with Gasteiger partial charge >= 0.3 is 0 Å². The monoisotopic (exact) mass is 482 g/mol. The van der Waals surface area contributed by atoms with Gasteiger partial charge in [0.2, 0.25) is 5.91 Å². The Labute approximate surface area is 203 Å². The van der Waals surface area contributed by atoms with Gasteiger partial charge in [-0.3, -0.25) is 9.59 Å². The fraction of sp³-hybridized carbons (Fsp3) is 0.385. The van der Waals surface area contributed by atoms with E-state index in [1.807, 2.05) is 43.0 Å². The van der Waals surface area contributed by atoms with Crippen LogP contribution >= 0.6 is 11.3 Å². The second-order valence-corrected chi connectivity index (χ2v) is 9.31. The molecule has 34 heavy (non-hydrogen) atoms. The molecule has 0 bridgehead atoms. The highest BCUT2D eigenvalue weighted by molar-refractivity contribution is 7.10. The van der Waals surface area contributed by atoms with Crippen molar-refractivity contribution in [2.24, 2.45) is 0 Å². The Morgan fingerprint density at radius 2 is 2.06 bits per heavy atom. The highest BCUT2D eigenvalue weighted by Crippen LogP contribution is 2.34. The third kappa shape index (κ3) is 5.12. The number of ether oxygens (including phenoxy) is 2. The van der Waals surface area contributed by atoms with E-state index in [9.17, 15) is 9.59 Å². The van der Waals surface area contributed by atoms with Crippen molar-refractivity contribution in [1.29, 1.82) is 0 Å². The van der Waals surface area contributed by atoms with Crippen LogP contribution in [-0.4, -0.2) is 54.5 Å². The standard InChI is InChI=1S/C26H30N2O5S/c1-4-18(2)28(26(30)23-9-6-13-32-23)16-25(29)27-12-10-24-21(11-14-34-24)22(27)17-33-20-8-5-7-19(15-20)31-3/h5-9,11,13-15,18,22H,4,10,12,16-17H2,1-3H3/t18-,22+/m1/s1. The molecule has 8 heteroatoms. The number of nitrogens with zero attached hydrogens (tertiary/aromatic N) is 2. The Morgan fingerprint density at radius 3 is 2.79 bits per heavy atom. The van der Waals surface area contributed by atoms with Gasteiger partial charge in [-0.25, -0.2) is 0 Å². The number of rotatable bonds is 9. The lowest BCUT2D eigenvalue weighted by atomic mass is 10.00. The van der Waals surface area contributed by atoms with Gasteiger partial charge in [-0.15, -0.1) is 11.3 Å². The van der Waals surface area contributed by atoms with Crippen LogP contribution in [-0.2, 0) is 11.2 Å². The first-order valence-electron chi connectivity index (χ1n) is 11.5. The molecular weight excluding hydrogens is 452 g/mol. The fourth-order valence-electron chi connectivity index (χ4n) is 4.17. The number of carbonyl (C=O) groups is 2. The molecule has 1 aromatic carbocycles. The molecule has 2 atom stereocenters. The normalized spacial score (nSPS) is 16.0. The van der Waals surface area contributed by atoms with E-state index in [0.717, 1.165) is 18.4 Å². The van der Waals surface area contributed by atoms with Crippen molar-refractivity contribution >= 4 is 23.2 Å². The maximum atomic E-state index is 13.6. The fourth-order valence-corrected chi connectivity index (χ4v) is 5.10. The molecule has 3 aromatic rings. The van der Waals surface area contributed by atoms with E-state index in [2.05, 4.69) is 11.4 Å². The zero-order valence-corrected chi connectivity index (χ0v) is 20.5. The Morgan fingerprint density at radius 1 is 1.24 bits per heavy atom. The van der Waals surface area contributed by atoms with Gasteiger partial charge < -0.3 is 23.7 Å². The summed E-state index contributed by atoms with van der Waals surface area (Å²) in [5, 5.41) is 2.06. The van der Waals surface area contributed by atoms with Crippen LogP contribution in [0, 0.1) is 0 Å². The van der Waals surface area contributed by atoms with Crippen LogP contribution in [0.5, 0.6) is 11.5 Å². The molecule has 0 saturated heterocycles. The first-order chi connectivity index (χ1) is 16.5. The zero-order valence-electron chi connectivity index (χ0n) is 19.7. The molecule has 0 spiro atoms. The van der Waals surface area contributed by atoms with Crippen molar-refractivity contribution in [3.63, 3.8) is 0 Å². The summed E-state index contributed by atoms with van der Waals surface area (Å²) in [5.74, 6) is 1.26. The number of carbonyl (C=O) groups excluding carboxylic acids is 2. The maximum Gasteiger partial charge on any atom is 0.290 e. The topological polar surface area (TPSA) is 72.2 Å². The number of hydrogen-bond donors (Lipinski definition) is 0. The Bertz CT molecular complexity index is 1110. The zero-order chi connectivity index (χ0) is 24.1. The van der Waals surface area contributed by atoms with Crippen molar-refractivity contribution in [3.05, 3.63) is 70.3 Å². The highest BCUT2D eigenvalue weighted by atomic mass is 32.1. The molecule has 0 aliphatic carbocycles. The summed E-state index contributed by atoms with van der Waals surface area (Å²) in [6.45, 7) is 4.84. The van der Waals surface area contributed by atoms with Crippen molar-refractivity contribution < 1.29 is 23.5 Å². The van der Waals surface area contributed by atoms with Gasteiger partial charge in [0.25, 0.3) is 5.91 Å². The minimum absolute atomic E-state index is 0.0102. The molecule has 0 radical (unpaired) electrons. The van der Waals surface area contributed by atoms with Crippen LogP contribution in [0.2, 0.25) is 0 Å².